The lowest BCUT2D eigenvalue weighted by molar-refractivity contribution is -0.132. The van der Waals surface area contributed by atoms with Gasteiger partial charge in [0, 0.05) is 4.88 Å². The first-order valence-corrected chi connectivity index (χ1v) is 8.61. The zero-order valence-electron chi connectivity index (χ0n) is 12.0. The highest BCUT2D eigenvalue weighted by Crippen LogP contribution is 2.34. The first kappa shape index (κ1) is 15.2. The first-order chi connectivity index (χ1) is 10.6. The van der Waals surface area contributed by atoms with Gasteiger partial charge in [0.15, 0.2) is 0 Å². The molecule has 0 spiro atoms. The maximum absolute atomic E-state index is 12.9. The molecule has 0 aliphatic carbocycles. The summed E-state index contributed by atoms with van der Waals surface area (Å²) >= 11 is 4.92. The van der Waals surface area contributed by atoms with Crippen molar-refractivity contribution in [3.63, 3.8) is 0 Å². The number of halogens is 1. The summed E-state index contributed by atoms with van der Waals surface area (Å²) in [4.78, 5) is 27.5. The number of amides is 3. The average Bonchev–Trinajstić information content (AvgIpc) is 3.05. The molecule has 0 radical (unpaired) electrons. The van der Waals surface area contributed by atoms with Crippen LogP contribution in [0.2, 0.25) is 0 Å². The number of imide groups is 1. The minimum absolute atomic E-state index is 0.185. The quantitative estimate of drug-likeness (QED) is 0.820. The Hall–Kier alpha value is -1.66. The van der Waals surface area contributed by atoms with Crippen molar-refractivity contribution in [3.05, 3.63) is 56.7 Å². The van der Waals surface area contributed by atoms with Gasteiger partial charge < -0.3 is 5.32 Å². The normalized spacial score (nSPS) is 21.3. The molecule has 1 atom stereocenters. The second-order valence-electron chi connectivity index (χ2n) is 5.15. The van der Waals surface area contributed by atoms with Gasteiger partial charge in [0.1, 0.15) is 5.54 Å². The van der Waals surface area contributed by atoms with Crippen molar-refractivity contribution in [1.82, 2.24) is 10.2 Å². The molecule has 0 saturated carbocycles. The lowest BCUT2D eigenvalue weighted by Gasteiger charge is -2.25. The third-order valence-electron chi connectivity index (χ3n) is 3.92. The molecule has 3 rings (SSSR count). The van der Waals surface area contributed by atoms with Crippen LogP contribution in [-0.2, 0) is 16.9 Å². The average molecular weight is 379 g/mol. The summed E-state index contributed by atoms with van der Waals surface area (Å²) in [5.41, 5.74) is -0.127. The Morgan fingerprint density at radius 1 is 1.18 bits per heavy atom. The molecule has 1 aliphatic rings. The first-order valence-electron chi connectivity index (χ1n) is 7.00. The number of nitrogens with zero attached hydrogens (tertiary/aromatic N) is 1. The molecule has 22 heavy (non-hydrogen) atoms. The lowest BCUT2D eigenvalue weighted by Crippen LogP contribution is -2.43. The Bertz CT molecular complexity index is 716. The van der Waals surface area contributed by atoms with E-state index in [2.05, 4.69) is 21.2 Å². The van der Waals surface area contributed by atoms with Gasteiger partial charge in [0.25, 0.3) is 5.91 Å². The summed E-state index contributed by atoms with van der Waals surface area (Å²) < 4.78 is 0.986. The number of carbonyl (C=O) groups is 2. The predicted molar refractivity (Wildman–Crippen MR) is 89.5 cm³/mol. The molecule has 3 amide bonds. The second kappa shape index (κ2) is 5.85. The van der Waals surface area contributed by atoms with E-state index in [1.165, 1.54) is 16.2 Å². The molecule has 6 heteroatoms. The zero-order chi connectivity index (χ0) is 15.7. The number of benzene rings is 1. The van der Waals surface area contributed by atoms with Crippen LogP contribution in [0.25, 0.3) is 0 Å². The van der Waals surface area contributed by atoms with E-state index in [4.69, 9.17) is 0 Å². The van der Waals surface area contributed by atoms with Gasteiger partial charge in [-0.15, -0.1) is 11.3 Å². The van der Waals surface area contributed by atoms with Crippen molar-refractivity contribution in [2.45, 2.75) is 25.4 Å². The number of rotatable bonds is 4. The van der Waals surface area contributed by atoms with E-state index < -0.39 is 5.54 Å². The van der Waals surface area contributed by atoms with Crippen LogP contribution in [0.1, 0.15) is 23.8 Å². The van der Waals surface area contributed by atoms with Crippen LogP contribution in [0.4, 0.5) is 4.79 Å². The SMILES string of the molecule is CCC1(c2ccccc2)NC(=O)N(Cc2ccc(Br)s2)C1=O. The van der Waals surface area contributed by atoms with E-state index in [0.29, 0.717) is 13.0 Å². The number of urea groups is 1. The summed E-state index contributed by atoms with van der Waals surface area (Å²) in [6, 6.07) is 12.9. The molecule has 1 saturated heterocycles. The summed E-state index contributed by atoms with van der Waals surface area (Å²) in [6.45, 7) is 2.21. The summed E-state index contributed by atoms with van der Waals surface area (Å²) in [5.74, 6) is -0.185. The van der Waals surface area contributed by atoms with Crippen molar-refractivity contribution in [2.75, 3.05) is 0 Å². The van der Waals surface area contributed by atoms with E-state index in [1.807, 2.05) is 49.4 Å². The highest BCUT2D eigenvalue weighted by Gasteiger charge is 2.51. The number of hydrogen-bond donors (Lipinski definition) is 1. The van der Waals surface area contributed by atoms with Crippen molar-refractivity contribution >= 4 is 39.2 Å². The van der Waals surface area contributed by atoms with Crippen LogP contribution >= 0.6 is 27.3 Å². The topological polar surface area (TPSA) is 49.4 Å². The number of nitrogens with one attached hydrogen (secondary N) is 1. The van der Waals surface area contributed by atoms with E-state index >= 15 is 0 Å². The van der Waals surface area contributed by atoms with Crippen LogP contribution in [0.5, 0.6) is 0 Å². The van der Waals surface area contributed by atoms with Crippen molar-refractivity contribution in [2.24, 2.45) is 0 Å². The molecule has 1 fully saturated rings. The number of thiophene rings is 1. The maximum atomic E-state index is 12.9. The fourth-order valence-corrected chi connectivity index (χ4v) is 4.20. The number of carbonyl (C=O) groups excluding carboxylic acids is 2. The summed E-state index contributed by atoms with van der Waals surface area (Å²) in [5, 5.41) is 2.89. The Labute approximate surface area is 141 Å². The van der Waals surface area contributed by atoms with Crippen molar-refractivity contribution in [3.8, 4) is 0 Å². The summed E-state index contributed by atoms with van der Waals surface area (Å²) in [7, 11) is 0. The van der Waals surface area contributed by atoms with Gasteiger partial charge in [0.05, 0.1) is 10.3 Å². The van der Waals surface area contributed by atoms with Gasteiger partial charge in [-0.05, 0) is 40.0 Å². The minimum atomic E-state index is -0.952. The molecule has 2 heterocycles. The van der Waals surface area contributed by atoms with E-state index in [0.717, 1.165) is 14.2 Å². The molecule has 4 nitrogen and oxygen atoms in total. The third-order valence-corrected chi connectivity index (χ3v) is 5.52. The monoisotopic (exact) mass is 378 g/mol. The highest BCUT2D eigenvalue weighted by molar-refractivity contribution is 9.11. The largest absolute Gasteiger partial charge is 0.325 e. The van der Waals surface area contributed by atoms with Crippen LogP contribution in [0.15, 0.2) is 46.3 Å². The third kappa shape index (κ3) is 2.46. The minimum Gasteiger partial charge on any atom is -0.319 e. The molecule has 2 aromatic rings. The standard InChI is InChI=1S/C16H15BrN2O2S/c1-2-16(11-6-4-3-5-7-11)14(20)19(15(21)18-16)10-12-8-9-13(17)22-12/h3-9H,2,10H2,1H3,(H,18,21). The fourth-order valence-electron chi connectivity index (χ4n) is 2.72. The predicted octanol–water partition coefficient (Wildman–Crippen LogP) is 3.87. The molecule has 0 bridgehead atoms. The van der Waals surface area contributed by atoms with Crippen LogP contribution in [0, 0.1) is 0 Å². The maximum Gasteiger partial charge on any atom is 0.325 e. The zero-order valence-corrected chi connectivity index (χ0v) is 14.4. The van der Waals surface area contributed by atoms with Crippen molar-refractivity contribution < 1.29 is 9.59 Å². The Kier molecular flexibility index (Phi) is 4.06. The molecule has 1 aromatic heterocycles. The van der Waals surface area contributed by atoms with Crippen molar-refractivity contribution in [1.29, 1.82) is 0 Å². The van der Waals surface area contributed by atoms with E-state index in [-0.39, 0.29) is 11.9 Å². The Morgan fingerprint density at radius 2 is 1.91 bits per heavy atom. The number of hydrogen-bond acceptors (Lipinski definition) is 3. The molecule has 114 valence electrons. The summed E-state index contributed by atoms with van der Waals surface area (Å²) in [6.07, 6.45) is 0.520. The van der Waals surface area contributed by atoms with Gasteiger partial charge in [0.2, 0.25) is 0 Å². The van der Waals surface area contributed by atoms with E-state index in [1.54, 1.807) is 0 Å². The smallest absolute Gasteiger partial charge is 0.319 e. The highest BCUT2D eigenvalue weighted by atomic mass is 79.9. The Balaban J connectivity index is 1.93. The lowest BCUT2D eigenvalue weighted by atomic mass is 9.87. The second-order valence-corrected chi connectivity index (χ2v) is 7.70. The van der Waals surface area contributed by atoms with Gasteiger partial charge in [-0.2, -0.15) is 0 Å². The van der Waals surface area contributed by atoms with Crippen LogP contribution in [0.3, 0.4) is 0 Å². The fraction of sp³-hybridized carbons (Fsp3) is 0.250. The molecule has 1 unspecified atom stereocenters. The van der Waals surface area contributed by atoms with Gasteiger partial charge in [-0.1, -0.05) is 37.3 Å². The molecular formula is C16H15BrN2O2S. The van der Waals surface area contributed by atoms with Crippen LogP contribution < -0.4 is 5.32 Å². The molecule has 1 aromatic carbocycles. The van der Waals surface area contributed by atoms with Gasteiger partial charge in [-0.3, -0.25) is 9.69 Å². The Morgan fingerprint density at radius 3 is 2.50 bits per heavy atom. The van der Waals surface area contributed by atoms with Crippen LogP contribution in [-0.4, -0.2) is 16.8 Å². The van der Waals surface area contributed by atoms with E-state index in [9.17, 15) is 9.59 Å². The molecular weight excluding hydrogens is 364 g/mol. The molecule has 1 aliphatic heterocycles. The molecule has 1 N–H and O–H groups in total. The van der Waals surface area contributed by atoms with Gasteiger partial charge >= 0.3 is 6.03 Å². The van der Waals surface area contributed by atoms with Gasteiger partial charge in [-0.25, -0.2) is 4.79 Å².